The Labute approximate surface area is 275 Å². The fourth-order valence-corrected chi connectivity index (χ4v) is 7.51. The average Bonchev–Trinajstić information content (AvgIpc) is 3.68. The van der Waals surface area contributed by atoms with Gasteiger partial charge >= 0.3 is 7.12 Å². The zero-order chi connectivity index (χ0) is 31.9. The Morgan fingerprint density at radius 1 is 0.596 bits per heavy atom. The van der Waals surface area contributed by atoms with Gasteiger partial charge in [0.15, 0.2) is 0 Å². The molecule has 0 spiro atoms. The van der Waals surface area contributed by atoms with Gasteiger partial charge in [-0.15, -0.1) is 0 Å². The van der Waals surface area contributed by atoms with Gasteiger partial charge in [0.1, 0.15) is 0 Å². The van der Waals surface area contributed by atoms with E-state index in [-0.39, 0.29) is 24.2 Å². The van der Waals surface area contributed by atoms with Crippen LogP contribution in [0.4, 0.5) is 0 Å². The third kappa shape index (κ3) is 4.37. The summed E-state index contributed by atoms with van der Waals surface area (Å²) in [6, 6.07) is 44.0. The summed E-state index contributed by atoms with van der Waals surface area (Å²) in [6.45, 7) is 8.39. The Morgan fingerprint density at radius 2 is 1.19 bits per heavy atom. The molecule has 1 atom stereocenters. The molecule has 2 aromatic heterocycles. The maximum absolute atomic E-state index is 6.35. The van der Waals surface area contributed by atoms with Crippen LogP contribution in [-0.2, 0) is 9.31 Å². The number of aromatic nitrogens is 2. The summed E-state index contributed by atoms with van der Waals surface area (Å²) in [5, 5.41) is 6.42. The molecule has 5 aromatic carbocycles. The molecule has 0 saturated carbocycles. The van der Waals surface area contributed by atoms with Crippen LogP contribution in [0.15, 0.2) is 121 Å². The van der Waals surface area contributed by atoms with Crippen molar-refractivity contribution in [1.82, 2.24) is 9.13 Å². The molecule has 1 saturated heterocycles. The van der Waals surface area contributed by atoms with Gasteiger partial charge in [0.2, 0.25) is 0 Å². The van der Waals surface area contributed by atoms with Crippen molar-refractivity contribution in [3.8, 4) is 11.4 Å². The van der Waals surface area contributed by atoms with Gasteiger partial charge in [-0.1, -0.05) is 84.9 Å². The first kappa shape index (κ1) is 28.4. The van der Waals surface area contributed by atoms with Gasteiger partial charge in [-0.2, -0.15) is 0 Å². The second-order valence-corrected chi connectivity index (χ2v) is 14.0. The number of rotatable bonds is 4. The normalized spacial score (nSPS) is 18.4. The van der Waals surface area contributed by atoms with Gasteiger partial charge in [-0.05, 0) is 93.7 Å². The topological polar surface area (TPSA) is 28.3 Å². The van der Waals surface area contributed by atoms with Crippen LogP contribution in [0.25, 0.3) is 56.2 Å². The van der Waals surface area contributed by atoms with Gasteiger partial charge in [-0.3, -0.25) is 0 Å². The molecule has 0 N–H and O–H groups in total. The number of hydrogen-bond donors (Lipinski definition) is 0. The lowest BCUT2D eigenvalue weighted by atomic mass is 9.79. The highest BCUT2D eigenvalue weighted by Crippen LogP contribution is 2.37. The molecule has 7 aromatic rings. The molecule has 1 fully saturated rings. The minimum atomic E-state index is -0.378. The number of fused-ring (bicyclic) bond motifs is 6. The number of para-hydroxylation sites is 3. The van der Waals surface area contributed by atoms with Crippen LogP contribution >= 0.6 is 0 Å². The van der Waals surface area contributed by atoms with Gasteiger partial charge in [-0.25, -0.2) is 0 Å². The average molecular weight is 613 g/mol. The molecule has 0 bridgehead atoms. The highest BCUT2D eigenvalue weighted by atomic mass is 16.7. The molecule has 3 heterocycles. The van der Waals surface area contributed by atoms with E-state index in [9.17, 15) is 0 Å². The first-order valence-corrected chi connectivity index (χ1v) is 16.7. The van der Waals surface area contributed by atoms with Crippen LogP contribution < -0.4 is 16.0 Å². The van der Waals surface area contributed by atoms with E-state index < -0.39 is 0 Å². The van der Waals surface area contributed by atoms with Crippen LogP contribution in [0.2, 0.25) is 0 Å². The van der Waals surface area contributed by atoms with Crippen LogP contribution in [0, 0.1) is 0 Å². The number of benzene rings is 5. The van der Waals surface area contributed by atoms with E-state index in [1.54, 1.807) is 0 Å². The fraction of sp³-hybridized carbons (Fsp3) is 0.190. The van der Waals surface area contributed by atoms with Crippen molar-refractivity contribution in [3.05, 3.63) is 137 Å². The predicted octanol–water partition coefficient (Wildman–Crippen LogP) is 7.78. The molecule has 4 nitrogen and oxygen atoms in total. The minimum Gasteiger partial charge on any atom is -0.399 e. The molecule has 1 aliphatic carbocycles. The first-order chi connectivity index (χ1) is 22.8. The molecule has 1 unspecified atom stereocenters. The molecule has 0 amide bonds. The summed E-state index contributed by atoms with van der Waals surface area (Å²) in [5.74, 6) is 0.262. The van der Waals surface area contributed by atoms with Crippen molar-refractivity contribution in [2.75, 3.05) is 0 Å². The van der Waals surface area contributed by atoms with E-state index in [0.29, 0.717) is 0 Å². The number of nitrogens with zero attached hydrogens (tertiary/aromatic N) is 2. The molecular weight excluding hydrogens is 575 g/mol. The summed E-state index contributed by atoms with van der Waals surface area (Å²) in [5.41, 5.74) is 7.63. The molecule has 0 radical (unpaired) electrons. The summed E-state index contributed by atoms with van der Waals surface area (Å²) in [6.07, 6.45) is 5.88. The van der Waals surface area contributed by atoms with Crippen molar-refractivity contribution in [2.24, 2.45) is 0 Å². The maximum Gasteiger partial charge on any atom is 0.494 e. The standard InChI is InChI=1S/C42H37BN2O2/c1-41(2)42(3,4)47-43(46-41)30-20-22-32(23-21-30)45-37-16-10-8-14-33(37)35-24-18-29(27-40(35)45)28-19-25-39-36(26-28)34-15-9-11-17-38(34)44(39)31-12-6-5-7-13-31/h5-17,19-27,29H,18H2,1-4H3. The van der Waals surface area contributed by atoms with Crippen LogP contribution in [-0.4, -0.2) is 27.5 Å². The van der Waals surface area contributed by atoms with Gasteiger partial charge in [0.05, 0.1) is 33.1 Å². The SMILES string of the molecule is CC1(C)OB(c2ccc(-n3c4c(c5ccccc53)=CCC(c3ccc5c(c3)c3ccccc3n5-c3ccccc3)C=4)cc2)OC1(C)C. The third-order valence-corrected chi connectivity index (χ3v) is 10.7. The van der Waals surface area contributed by atoms with E-state index in [2.05, 4.69) is 170 Å². The number of hydrogen-bond acceptors (Lipinski definition) is 2. The third-order valence-electron chi connectivity index (χ3n) is 10.7. The van der Waals surface area contributed by atoms with E-state index in [0.717, 1.165) is 17.6 Å². The molecule has 230 valence electrons. The monoisotopic (exact) mass is 612 g/mol. The highest BCUT2D eigenvalue weighted by Gasteiger charge is 2.51. The largest absolute Gasteiger partial charge is 0.494 e. The zero-order valence-corrected chi connectivity index (χ0v) is 27.3. The highest BCUT2D eigenvalue weighted by molar-refractivity contribution is 6.62. The Bertz CT molecular complexity index is 2440. The molecule has 5 heteroatoms. The Kier molecular flexibility index (Phi) is 6.24. The summed E-state index contributed by atoms with van der Waals surface area (Å²) >= 11 is 0. The molecule has 47 heavy (non-hydrogen) atoms. The summed E-state index contributed by atoms with van der Waals surface area (Å²) in [4.78, 5) is 0. The second kappa shape index (κ2) is 10.3. The van der Waals surface area contributed by atoms with Crippen LogP contribution in [0.3, 0.4) is 0 Å². The summed E-state index contributed by atoms with van der Waals surface area (Å²) < 4.78 is 17.5. The van der Waals surface area contributed by atoms with E-state index in [4.69, 9.17) is 9.31 Å². The Hall–Kier alpha value is -4.84. The Morgan fingerprint density at radius 3 is 1.91 bits per heavy atom. The van der Waals surface area contributed by atoms with Gasteiger partial charge < -0.3 is 18.4 Å². The van der Waals surface area contributed by atoms with Gasteiger partial charge in [0, 0.05) is 38.7 Å². The van der Waals surface area contributed by atoms with E-state index in [1.807, 2.05) is 0 Å². The van der Waals surface area contributed by atoms with Crippen LogP contribution in [0.1, 0.15) is 45.6 Å². The molecule has 2 aliphatic rings. The van der Waals surface area contributed by atoms with Crippen molar-refractivity contribution in [2.45, 2.75) is 51.2 Å². The van der Waals surface area contributed by atoms with Crippen LogP contribution in [0.5, 0.6) is 0 Å². The lowest BCUT2D eigenvalue weighted by molar-refractivity contribution is 0.00578. The first-order valence-electron chi connectivity index (χ1n) is 16.7. The zero-order valence-electron chi connectivity index (χ0n) is 27.3. The second-order valence-electron chi connectivity index (χ2n) is 14.0. The Balaban J connectivity index is 1.16. The molecule has 9 rings (SSSR count). The van der Waals surface area contributed by atoms with E-state index >= 15 is 0 Å². The van der Waals surface area contributed by atoms with Crippen molar-refractivity contribution in [3.63, 3.8) is 0 Å². The molecular formula is C42H37BN2O2. The smallest absolute Gasteiger partial charge is 0.399 e. The lowest BCUT2D eigenvalue weighted by Crippen LogP contribution is -2.41. The maximum atomic E-state index is 6.35. The van der Waals surface area contributed by atoms with Crippen molar-refractivity contribution in [1.29, 1.82) is 0 Å². The van der Waals surface area contributed by atoms with Crippen molar-refractivity contribution < 1.29 is 9.31 Å². The molecule has 1 aliphatic heterocycles. The predicted molar refractivity (Wildman–Crippen MR) is 195 cm³/mol. The van der Waals surface area contributed by atoms with E-state index in [1.165, 1.54) is 54.5 Å². The lowest BCUT2D eigenvalue weighted by Gasteiger charge is -2.32. The quantitative estimate of drug-likeness (QED) is 0.190. The summed E-state index contributed by atoms with van der Waals surface area (Å²) in [7, 11) is -0.378. The fourth-order valence-electron chi connectivity index (χ4n) is 7.51. The van der Waals surface area contributed by atoms with Crippen molar-refractivity contribution >= 4 is 57.4 Å². The minimum absolute atomic E-state index is 0.262. The van der Waals surface area contributed by atoms with Gasteiger partial charge in [0.25, 0.3) is 0 Å².